The van der Waals surface area contributed by atoms with Crippen molar-refractivity contribution in [1.82, 2.24) is 4.90 Å². The summed E-state index contributed by atoms with van der Waals surface area (Å²) in [5.74, 6) is -2.42. The van der Waals surface area contributed by atoms with E-state index in [1.807, 2.05) is 0 Å². The lowest BCUT2D eigenvalue weighted by atomic mass is 10.1. The van der Waals surface area contributed by atoms with Gasteiger partial charge in [-0.15, -0.1) is 0 Å². The van der Waals surface area contributed by atoms with Crippen molar-refractivity contribution in [1.29, 1.82) is 0 Å². The first-order valence-corrected chi connectivity index (χ1v) is 7.81. The summed E-state index contributed by atoms with van der Waals surface area (Å²) in [6.07, 6.45) is 0. The maximum Gasteiger partial charge on any atom is 0.339 e. The van der Waals surface area contributed by atoms with Crippen molar-refractivity contribution >= 4 is 35.1 Å². The van der Waals surface area contributed by atoms with Gasteiger partial charge in [0.2, 0.25) is 0 Å². The third kappa shape index (κ3) is 3.73. The average molecular weight is 385 g/mol. The van der Waals surface area contributed by atoms with Crippen LogP contribution >= 0.6 is 11.6 Å². The molecule has 0 saturated heterocycles. The molecule has 2 rings (SSSR count). The fraction of sp³-hybridized carbons (Fsp3) is 0.312. The number of methoxy groups -OCH3 is 2. The van der Waals surface area contributed by atoms with Crippen LogP contribution in [0.3, 0.4) is 0 Å². The van der Waals surface area contributed by atoms with E-state index in [0.717, 1.165) is 0 Å². The van der Waals surface area contributed by atoms with E-state index >= 15 is 0 Å². The summed E-state index contributed by atoms with van der Waals surface area (Å²) in [5.41, 5.74) is 0.0506. The summed E-state index contributed by atoms with van der Waals surface area (Å²) in [6, 6.07) is 2.49. The number of benzene rings is 1. The van der Waals surface area contributed by atoms with E-state index in [9.17, 15) is 14.4 Å². The smallest absolute Gasteiger partial charge is 0.339 e. The van der Waals surface area contributed by atoms with Gasteiger partial charge in [0.05, 0.1) is 43.7 Å². The van der Waals surface area contributed by atoms with Gasteiger partial charge in [0.1, 0.15) is 17.0 Å². The molecule has 0 saturated carbocycles. The van der Waals surface area contributed by atoms with Crippen LogP contribution in [0.1, 0.15) is 10.4 Å². The Kier molecular flexibility index (Phi) is 6.06. The van der Waals surface area contributed by atoms with Crippen LogP contribution in [0.5, 0.6) is 5.75 Å². The van der Waals surface area contributed by atoms with E-state index in [1.54, 1.807) is 0 Å². The fourth-order valence-corrected chi connectivity index (χ4v) is 2.68. The molecule has 0 spiro atoms. The number of nitrogens with one attached hydrogen (secondary N) is 1. The van der Waals surface area contributed by atoms with Gasteiger partial charge < -0.3 is 29.9 Å². The highest BCUT2D eigenvalue weighted by molar-refractivity contribution is 6.34. The number of aliphatic hydroxyl groups excluding tert-OH is 1. The van der Waals surface area contributed by atoms with E-state index < -0.39 is 17.8 Å². The second-order valence-corrected chi connectivity index (χ2v) is 5.67. The van der Waals surface area contributed by atoms with E-state index in [-0.39, 0.29) is 53.0 Å². The Morgan fingerprint density at radius 1 is 1.35 bits per heavy atom. The van der Waals surface area contributed by atoms with Crippen molar-refractivity contribution in [3.8, 4) is 5.75 Å². The third-order valence-electron chi connectivity index (χ3n) is 3.73. The minimum Gasteiger partial charge on any atom is -0.496 e. The zero-order valence-electron chi connectivity index (χ0n) is 14.0. The fourth-order valence-electron chi connectivity index (χ4n) is 2.47. The molecule has 0 aromatic heterocycles. The predicted molar refractivity (Wildman–Crippen MR) is 91.3 cm³/mol. The minimum absolute atomic E-state index is 0.0216. The molecule has 0 radical (unpaired) electrons. The van der Waals surface area contributed by atoms with Gasteiger partial charge in [0.25, 0.3) is 5.91 Å². The van der Waals surface area contributed by atoms with Crippen molar-refractivity contribution in [3.63, 3.8) is 0 Å². The Morgan fingerprint density at radius 3 is 2.58 bits per heavy atom. The number of halogens is 1. The van der Waals surface area contributed by atoms with Crippen LogP contribution in [0.4, 0.5) is 5.69 Å². The molecule has 140 valence electrons. The normalized spacial score (nSPS) is 13.8. The number of aromatic carboxylic acids is 1. The van der Waals surface area contributed by atoms with Gasteiger partial charge in [-0.2, -0.15) is 0 Å². The van der Waals surface area contributed by atoms with Crippen molar-refractivity contribution in [3.05, 3.63) is 34.0 Å². The minimum atomic E-state index is -1.23. The van der Waals surface area contributed by atoms with Crippen LogP contribution in [0, 0.1) is 0 Å². The number of carbonyl (C=O) groups is 3. The van der Waals surface area contributed by atoms with E-state index in [4.69, 9.17) is 26.6 Å². The van der Waals surface area contributed by atoms with Crippen LogP contribution in [0.25, 0.3) is 0 Å². The average Bonchev–Trinajstić information content (AvgIpc) is 2.92. The molecule has 1 heterocycles. The Hall–Kier alpha value is -2.78. The summed E-state index contributed by atoms with van der Waals surface area (Å²) < 4.78 is 9.72. The number of esters is 1. The number of nitrogens with zero attached hydrogens (tertiary/aromatic N) is 1. The molecule has 0 atom stereocenters. The van der Waals surface area contributed by atoms with Gasteiger partial charge in [0, 0.05) is 12.6 Å². The number of anilines is 1. The van der Waals surface area contributed by atoms with Crippen LogP contribution in [-0.4, -0.2) is 66.9 Å². The van der Waals surface area contributed by atoms with Crippen molar-refractivity contribution in [2.75, 3.05) is 39.2 Å². The van der Waals surface area contributed by atoms with E-state index in [2.05, 4.69) is 10.1 Å². The second-order valence-electron chi connectivity index (χ2n) is 5.26. The molecule has 0 fully saturated rings. The molecule has 1 aliphatic heterocycles. The van der Waals surface area contributed by atoms with Crippen LogP contribution in [-0.2, 0) is 14.3 Å². The number of ether oxygens (including phenoxy) is 2. The summed E-state index contributed by atoms with van der Waals surface area (Å²) in [7, 11) is 2.48. The summed E-state index contributed by atoms with van der Waals surface area (Å²) in [4.78, 5) is 36.9. The highest BCUT2D eigenvalue weighted by Gasteiger charge is 2.35. The number of β-amino-alcohol motifs (C(OH)–C–C–N with tert-alkyl or cyclic N) is 1. The molecule has 26 heavy (non-hydrogen) atoms. The van der Waals surface area contributed by atoms with Crippen molar-refractivity contribution in [2.45, 2.75) is 0 Å². The molecule has 0 bridgehead atoms. The molecular formula is C16H17ClN2O7. The van der Waals surface area contributed by atoms with Gasteiger partial charge in [-0.05, 0) is 6.07 Å². The number of carboxylic acid groups (broad SMARTS) is 1. The number of carboxylic acids is 1. The number of hydrogen-bond acceptors (Lipinski definition) is 7. The topological polar surface area (TPSA) is 125 Å². The maximum atomic E-state index is 12.5. The summed E-state index contributed by atoms with van der Waals surface area (Å²) in [6.45, 7) is -0.259. The molecule has 1 aliphatic rings. The molecule has 1 amide bonds. The van der Waals surface area contributed by atoms with Crippen LogP contribution in [0.2, 0.25) is 5.02 Å². The largest absolute Gasteiger partial charge is 0.496 e. The van der Waals surface area contributed by atoms with Crippen LogP contribution in [0.15, 0.2) is 23.4 Å². The van der Waals surface area contributed by atoms with Gasteiger partial charge in [-0.25, -0.2) is 9.59 Å². The lowest BCUT2D eigenvalue weighted by Crippen LogP contribution is -2.31. The summed E-state index contributed by atoms with van der Waals surface area (Å²) in [5, 5.41) is 21.0. The first-order chi connectivity index (χ1) is 12.3. The maximum absolute atomic E-state index is 12.5. The Labute approximate surface area is 153 Å². The zero-order valence-corrected chi connectivity index (χ0v) is 14.8. The van der Waals surface area contributed by atoms with E-state index in [1.165, 1.54) is 31.3 Å². The van der Waals surface area contributed by atoms with E-state index in [0.29, 0.717) is 0 Å². The number of aliphatic hydroxyl groups is 1. The number of carbonyl (C=O) groups excluding carboxylic acids is 2. The molecule has 0 unspecified atom stereocenters. The molecule has 0 aliphatic carbocycles. The first-order valence-electron chi connectivity index (χ1n) is 7.43. The lowest BCUT2D eigenvalue weighted by Gasteiger charge is -2.16. The highest BCUT2D eigenvalue weighted by Crippen LogP contribution is 2.33. The molecule has 10 heteroatoms. The molecule has 3 N–H and O–H groups in total. The number of hydrogen-bond donors (Lipinski definition) is 3. The number of rotatable bonds is 7. The molecule has 9 nitrogen and oxygen atoms in total. The Balaban J connectivity index is 2.45. The predicted octanol–water partition coefficient (Wildman–Crippen LogP) is 0.720. The first kappa shape index (κ1) is 19.5. The third-order valence-corrected chi connectivity index (χ3v) is 4.05. The molecule has 1 aromatic rings. The van der Waals surface area contributed by atoms with Crippen LogP contribution < -0.4 is 10.1 Å². The van der Waals surface area contributed by atoms with Gasteiger partial charge in [-0.3, -0.25) is 4.79 Å². The zero-order chi connectivity index (χ0) is 19.4. The Bertz CT molecular complexity index is 791. The quantitative estimate of drug-likeness (QED) is 0.587. The second kappa shape index (κ2) is 8.07. The van der Waals surface area contributed by atoms with Gasteiger partial charge >= 0.3 is 11.9 Å². The lowest BCUT2D eigenvalue weighted by molar-refractivity contribution is -0.136. The standard InChI is InChI=1S/C16H17ClN2O7/c1-25-12-6-11(10(17)5-8(12)15(22)23)18-13-9(16(24)26-2)7-19(3-4-20)14(13)21/h5-6,18,20H,3-4,7H2,1-2H3,(H,22,23). The highest BCUT2D eigenvalue weighted by atomic mass is 35.5. The van der Waals surface area contributed by atoms with Gasteiger partial charge in [-0.1, -0.05) is 11.6 Å². The van der Waals surface area contributed by atoms with Gasteiger partial charge in [0.15, 0.2) is 0 Å². The summed E-state index contributed by atoms with van der Waals surface area (Å²) >= 11 is 6.10. The number of amides is 1. The van der Waals surface area contributed by atoms with Crippen molar-refractivity contribution in [2.24, 2.45) is 0 Å². The molecular weight excluding hydrogens is 368 g/mol. The monoisotopic (exact) mass is 384 g/mol. The Morgan fingerprint density at radius 2 is 2.04 bits per heavy atom. The molecule has 1 aromatic carbocycles. The van der Waals surface area contributed by atoms with Crippen molar-refractivity contribution < 1.29 is 34.1 Å². The SMILES string of the molecule is COC(=O)C1=C(Nc2cc(OC)c(C(=O)O)cc2Cl)C(=O)N(CCO)C1.